The zero-order valence-corrected chi connectivity index (χ0v) is 14.9. The van der Waals surface area contributed by atoms with Crippen LogP contribution in [0.3, 0.4) is 0 Å². The molecule has 2 N–H and O–H groups in total. The number of nitrogens with one attached hydrogen (secondary N) is 2. The van der Waals surface area contributed by atoms with Gasteiger partial charge in [0.15, 0.2) is 0 Å². The standard InChI is InChI=1S/C19H20F3N3O2/c1-25(2)10-9-23-17(26)13-5-3-6-14(11-13)18(27)24-16-8-4-7-15(12-16)19(20,21)22/h3-8,11-12H,9-10H2,1-2H3,(H,23,26)(H,24,27). The van der Waals surface area contributed by atoms with Gasteiger partial charge in [-0.1, -0.05) is 12.1 Å². The number of hydrogen-bond donors (Lipinski definition) is 2. The van der Waals surface area contributed by atoms with Gasteiger partial charge in [-0.15, -0.1) is 0 Å². The van der Waals surface area contributed by atoms with E-state index < -0.39 is 17.6 Å². The van der Waals surface area contributed by atoms with Crippen LogP contribution in [-0.2, 0) is 6.18 Å². The Hall–Kier alpha value is -2.87. The molecule has 0 bridgehead atoms. The van der Waals surface area contributed by atoms with Gasteiger partial charge in [0.2, 0.25) is 0 Å². The molecule has 0 aliphatic carbocycles. The summed E-state index contributed by atoms with van der Waals surface area (Å²) in [5, 5.41) is 5.15. The van der Waals surface area contributed by atoms with Gasteiger partial charge in [0.05, 0.1) is 5.56 Å². The van der Waals surface area contributed by atoms with Crippen molar-refractivity contribution in [1.29, 1.82) is 0 Å². The lowest BCUT2D eigenvalue weighted by molar-refractivity contribution is -0.137. The third kappa shape index (κ3) is 6.10. The van der Waals surface area contributed by atoms with Crippen LogP contribution in [0.25, 0.3) is 0 Å². The highest BCUT2D eigenvalue weighted by atomic mass is 19.4. The number of likely N-dealkylation sites (N-methyl/N-ethyl adjacent to an activating group) is 1. The van der Waals surface area contributed by atoms with Crippen LogP contribution in [-0.4, -0.2) is 43.9 Å². The van der Waals surface area contributed by atoms with Crippen LogP contribution in [0.2, 0.25) is 0 Å². The zero-order valence-electron chi connectivity index (χ0n) is 14.9. The second kappa shape index (κ2) is 8.68. The van der Waals surface area contributed by atoms with Crippen molar-refractivity contribution in [3.63, 3.8) is 0 Å². The van der Waals surface area contributed by atoms with E-state index in [1.165, 1.54) is 24.3 Å². The first-order chi connectivity index (χ1) is 12.7. The number of alkyl halides is 3. The fourth-order valence-corrected chi connectivity index (χ4v) is 2.27. The number of anilines is 1. The predicted octanol–water partition coefficient (Wildman–Crippen LogP) is 3.25. The van der Waals surface area contributed by atoms with Gasteiger partial charge in [0.1, 0.15) is 0 Å². The quantitative estimate of drug-likeness (QED) is 0.810. The van der Waals surface area contributed by atoms with Crippen molar-refractivity contribution in [2.24, 2.45) is 0 Å². The van der Waals surface area contributed by atoms with Crippen LogP contribution in [0.5, 0.6) is 0 Å². The third-order valence-electron chi connectivity index (χ3n) is 3.68. The summed E-state index contributed by atoms with van der Waals surface area (Å²) in [5.41, 5.74) is -0.358. The Morgan fingerprint density at radius 2 is 1.59 bits per heavy atom. The molecule has 2 aromatic carbocycles. The summed E-state index contributed by atoms with van der Waals surface area (Å²) in [6.07, 6.45) is -4.49. The number of hydrogen-bond acceptors (Lipinski definition) is 3. The van der Waals surface area contributed by atoms with Crippen molar-refractivity contribution < 1.29 is 22.8 Å². The minimum atomic E-state index is -4.49. The summed E-state index contributed by atoms with van der Waals surface area (Å²) >= 11 is 0. The molecule has 0 saturated carbocycles. The molecule has 2 rings (SSSR count). The van der Waals surface area contributed by atoms with Gasteiger partial charge in [-0.2, -0.15) is 13.2 Å². The number of benzene rings is 2. The zero-order chi connectivity index (χ0) is 20.0. The summed E-state index contributed by atoms with van der Waals surface area (Å²) in [6, 6.07) is 10.4. The summed E-state index contributed by atoms with van der Waals surface area (Å²) in [4.78, 5) is 26.4. The van der Waals surface area contributed by atoms with Gasteiger partial charge in [-0.3, -0.25) is 9.59 Å². The Bertz CT molecular complexity index is 820. The lowest BCUT2D eigenvalue weighted by atomic mass is 10.1. The molecule has 0 unspecified atom stereocenters. The minimum Gasteiger partial charge on any atom is -0.351 e. The van der Waals surface area contributed by atoms with E-state index in [-0.39, 0.29) is 17.2 Å². The maximum Gasteiger partial charge on any atom is 0.416 e. The van der Waals surface area contributed by atoms with Crippen LogP contribution < -0.4 is 10.6 Å². The van der Waals surface area contributed by atoms with Crippen molar-refractivity contribution in [2.45, 2.75) is 6.18 Å². The first kappa shape index (κ1) is 20.4. The molecule has 144 valence electrons. The molecule has 2 aromatic rings. The molecule has 0 atom stereocenters. The normalized spacial score (nSPS) is 11.3. The lowest BCUT2D eigenvalue weighted by Crippen LogP contribution is -2.31. The molecule has 2 amide bonds. The Kier molecular flexibility index (Phi) is 6.57. The Morgan fingerprint density at radius 3 is 2.22 bits per heavy atom. The second-order valence-electron chi connectivity index (χ2n) is 6.17. The minimum absolute atomic E-state index is 0.0238. The van der Waals surface area contributed by atoms with E-state index >= 15 is 0 Å². The molecule has 8 heteroatoms. The number of amides is 2. The maximum absolute atomic E-state index is 12.8. The molecular weight excluding hydrogens is 359 g/mol. The molecule has 0 heterocycles. The number of carbonyl (C=O) groups is 2. The van der Waals surface area contributed by atoms with Crippen molar-refractivity contribution in [2.75, 3.05) is 32.5 Å². The first-order valence-electron chi connectivity index (χ1n) is 8.18. The van der Waals surface area contributed by atoms with E-state index in [0.717, 1.165) is 12.1 Å². The van der Waals surface area contributed by atoms with Crippen molar-refractivity contribution in [3.8, 4) is 0 Å². The van der Waals surface area contributed by atoms with Gasteiger partial charge in [-0.25, -0.2) is 0 Å². The summed E-state index contributed by atoms with van der Waals surface area (Å²) in [7, 11) is 3.76. The van der Waals surface area contributed by atoms with Gasteiger partial charge in [-0.05, 0) is 50.5 Å². The van der Waals surface area contributed by atoms with Gasteiger partial charge < -0.3 is 15.5 Å². The highest BCUT2D eigenvalue weighted by Gasteiger charge is 2.30. The number of nitrogens with zero attached hydrogens (tertiary/aromatic N) is 1. The Morgan fingerprint density at radius 1 is 0.963 bits per heavy atom. The summed E-state index contributed by atoms with van der Waals surface area (Å²) in [5.74, 6) is -0.928. The number of rotatable bonds is 6. The maximum atomic E-state index is 12.8. The van der Waals surface area contributed by atoms with Crippen LogP contribution in [0, 0.1) is 0 Å². The van der Waals surface area contributed by atoms with Crippen molar-refractivity contribution in [3.05, 3.63) is 65.2 Å². The molecule has 0 aliphatic rings. The Balaban J connectivity index is 2.08. The predicted molar refractivity (Wildman–Crippen MR) is 96.7 cm³/mol. The average molecular weight is 379 g/mol. The van der Waals surface area contributed by atoms with E-state index in [9.17, 15) is 22.8 Å². The monoisotopic (exact) mass is 379 g/mol. The van der Waals surface area contributed by atoms with E-state index in [2.05, 4.69) is 10.6 Å². The number of carbonyl (C=O) groups excluding carboxylic acids is 2. The first-order valence-corrected chi connectivity index (χ1v) is 8.18. The van der Waals surface area contributed by atoms with E-state index in [1.54, 1.807) is 12.1 Å². The molecular formula is C19H20F3N3O2. The molecule has 0 radical (unpaired) electrons. The highest BCUT2D eigenvalue weighted by molar-refractivity contribution is 6.06. The van der Waals surface area contributed by atoms with Gasteiger partial charge in [0.25, 0.3) is 11.8 Å². The van der Waals surface area contributed by atoms with Gasteiger partial charge >= 0.3 is 6.18 Å². The molecule has 5 nitrogen and oxygen atoms in total. The van der Waals surface area contributed by atoms with Crippen LogP contribution in [0.15, 0.2) is 48.5 Å². The van der Waals surface area contributed by atoms with Crippen LogP contribution in [0.1, 0.15) is 26.3 Å². The molecule has 0 aromatic heterocycles. The fraction of sp³-hybridized carbons (Fsp3) is 0.263. The second-order valence-corrected chi connectivity index (χ2v) is 6.17. The topological polar surface area (TPSA) is 61.4 Å². The summed E-state index contributed by atoms with van der Waals surface area (Å²) < 4.78 is 38.3. The van der Waals surface area contributed by atoms with Crippen LogP contribution in [0.4, 0.5) is 18.9 Å². The molecule has 0 fully saturated rings. The number of halogens is 3. The summed E-state index contributed by atoms with van der Waals surface area (Å²) in [6.45, 7) is 1.12. The smallest absolute Gasteiger partial charge is 0.351 e. The van der Waals surface area contributed by atoms with E-state index in [0.29, 0.717) is 18.7 Å². The van der Waals surface area contributed by atoms with E-state index in [4.69, 9.17) is 0 Å². The molecule has 0 saturated heterocycles. The van der Waals surface area contributed by atoms with Crippen molar-refractivity contribution in [1.82, 2.24) is 10.2 Å². The van der Waals surface area contributed by atoms with Crippen LogP contribution >= 0.6 is 0 Å². The van der Waals surface area contributed by atoms with E-state index in [1.807, 2.05) is 19.0 Å². The fourth-order valence-electron chi connectivity index (χ4n) is 2.27. The highest BCUT2D eigenvalue weighted by Crippen LogP contribution is 2.30. The van der Waals surface area contributed by atoms with Crippen molar-refractivity contribution >= 4 is 17.5 Å². The largest absolute Gasteiger partial charge is 0.416 e. The average Bonchev–Trinajstić information content (AvgIpc) is 2.61. The Labute approximate surface area is 155 Å². The third-order valence-corrected chi connectivity index (χ3v) is 3.68. The SMILES string of the molecule is CN(C)CCNC(=O)c1cccc(C(=O)Nc2cccc(C(F)(F)F)c2)c1. The lowest BCUT2D eigenvalue weighted by Gasteiger charge is -2.11. The van der Waals surface area contributed by atoms with Gasteiger partial charge in [0, 0.05) is 29.9 Å². The molecule has 0 aliphatic heterocycles. The molecule has 0 spiro atoms. The molecule has 27 heavy (non-hydrogen) atoms.